The molecule has 1 atom stereocenters. The number of carbonyl (C=O) groups is 2. The van der Waals surface area contributed by atoms with Crippen LogP contribution in [0.15, 0.2) is 73.2 Å². The second-order valence-electron chi connectivity index (χ2n) is 6.71. The minimum Gasteiger partial charge on any atom is -0.352 e. The monoisotopic (exact) mass is 375 g/mol. The summed E-state index contributed by atoms with van der Waals surface area (Å²) < 4.78 is 1.69. The first-order valence-corrected chi connectivity index (χ1v) is 9.21. The summed E-state index contributed by atoms with van der Waals surface area (Å²) in [7, 11) is 0. The summed E-state index contributed by atoms with van der Waals surface area (Å²) in [5.41, 5.74) is 7.51. The van der Waals surface area contributed by atoms with Gasteiger partial charge < -0.3 is 5.32 Å². The smallest absolute Gasteiger partial charge is 0.284 e. The van der Waals surface area contributed by atoms with E-state index in [1.54, 1.807) is 10.9 Å². The van der Waals surface area contributed by atoms with Gasteiger partial charge in [-0.1, -0.05) is 48.5 Å². The van der Waals surface area contributed by atoms with E-state index in [0.717, 1.165) is 24.1 Å². The average Bonchev–Trinajstić information content (AvgIpc) is 3.40. The largest absolute Gasteiger partial charge is 0.352 e. The molecule has 1 fully saturated rings. The molecule has 0 saturated heterocycles. The molecular weight excluding hydrogens is 354 g/mol. The van der Waals surface area contributed by atoms with Crippen molar-refractivity contribution in [3.05, 3.63) is 84.4 Å². The second-order valence-corrected chi connectivity index (χ2v) is 6.71. The molecule has 0 aliphatic heterocycles. The number of hydrogen-bond donors (Lipinski definition) is 3. The number of hydrogen-bond acceptors (Lipinski definition) is 4. The lowest BCUT2D eigenvalue weighted by Crippen LogP contribution is -2.47. The van der Waals surface area contributed by atoms with Gasteiger partial charge in [-0.15, -0.1) is 0 Å². The van der Waals surface area contributed by atoms with Crippen LogP contribution in [-0.2, 0) is 4.79 Å². The van der Waals surface area contributed by atoms with E-state index in [9.17, 15) is 9.59 Å². The van der Waals surface area contributed by atoms with Crippen molar-refractivity contribution in [1.82, 2.24) is 25.7 Å². The number of nitrogens with zero attached hydrogens (tertiary/aromatic N) is 2. The third kappa shape index (κ3) is 4.10. The quantitative estimate of drug-likeness (QED) is 0.552. The summed E-state index contributed by atoms with van der Waals surface area (Å²) in [6.07, 6.45) is 5.07. The number of aromatic nitrogens is 2. The fraction of sp³-hybridized carbons (Fsp3) is 0.190. The standard InChI is InChI=1S/C21H21N5O2/c27-20(18-13-22-14-26(18)17-9-5-2-6-10-17)25-24-19(15-7-3-1-4-8-15)21(28)23-16-11-12-16/h1-10,13-14,16,19,24H,11-12H2,(H,23,28)(H,25,27)/t19-/m0/s1. The molecule has 1 saturated carbocycles. The van der Waals surface area contributed by atoms with Crippen LogP contribution in [0.25, 0.3) is 5.69 Å². The second kappa shape index (κ2) is 8.06. The zero-order valence-corrected chi connectivity index (χ0v) is 15.2. The lowest BCUT2D eigenvalue weighted by molar-refractivity contribution is -0.123. The first-order chi connectivity index (χ1) is 13.7. The predicted molar refractivity (Wildman–Crippen MR) is 105 cm³/mol. The Kier molecular flexibility index (Phi) is 5.16. The Morgan fingerprint density at radius 2 is 1.68 bits per heavy atom. The number of imidazole rings is 1. The normalized spacial score (nSPS) is 14.3. The van der Waals surface area contributed by atoms with E-state index in [1.807, 2.05) is 60.7 Å². The van der Waals surface area contributed by atoms with Gasteiger partial charge in [-0.3, -0.25) is 19.6 Å². The average molecular weight is 375 g/mol. The molecule has 2 amide bonds. The molecule has 2 aromatic carbocycles. The highest BCUT2D eigenvalue weighted by molar-refractivity contribution is 5.93. The van der Waals surface area contributed by atoms with E-state index in [0.29, 0.717) is 5.69 Å². The van der Waals surface area contributed by atoms with Crippen molar-refractivity contribution in [3.63, 3.8) is 0 Å². The van der Waals surface area contributed by atoms with Crippen LogP contribution in [0.1, 0.15) is 34.9 Å². The number of nitrogens with one attached hydrogen (secondary N) is 3. The molecule has 1 aliphatic rings. The Bertz CT molecular complexity index is 951. The van der Waals surface area contributed by atoms with Crippen molar-refractivity contribution in [2.45, 2.75) is 24.9 Å². The maximum Gasteiger partial charge on any atom is 0.284 e. The van der Waals surface area contributed by atoms with E-state index in [1.165, 1.54) is 6.20 Å². The van der Waals surface area contributed by atoms with Gasteiger partial charge in [0, 0.05) is 11.7 Å². The number of hydrazine groups is 1. The van der Waals surface area contributed by atoms with Gasteiger partial charge in [0.15, 0.2) is 0 Å². The Labute approximate surface area is 162 Å². The number of benzene rings is 2. The first-order valence-electron chi connectivity index (χ1n) is 9.21. The highest BCUT2D eigenvalue weighted by Crippen LogP contribution is 2.21. The van der Waals surface area contributed by atoms with Crippen molar-refractivity contribution in [2.24, 2.45) is 0 Å². The third-order valence-corrected chi connectivity index (χ3v) is 4.55. The molecule has 3 N–H and O–H groups in total. The van der Waals surface area contributed by atoms with Crippen LogP contribution in [-0.4, -0.2) is 27.4 Å². The maximum atomic E-state index is 12.7. The van der Waals surface area contributed by atoms with Gasteiger partial charge in [-0.05, 0) is 30.5 Å². The van der Waals surface area contributed by atoms with Crippen LogP contribution in [0.5, 0.6) is 0 Å². The van der Waals surface area contributed by atoms with Crippen molar-refractivity contribution in [2.75, 3.05) is 0 Å². The minimum absolute atomic E-state index is 0.162. The zero-order chi connectivity index (χ0) is 19.3. The topological polar surface area (TPSA) is 88.1 Å². The first kappa shape index (κ1) is 17.9. The van der Waals surface area contributed by atoms with Crippen LogP contribution < -0.4 is 16.2 Å². The van der Waals surface area contributed by atoms with Gasteiger partial charge in [0.25, 0.3) is 5.91 Å². The molecule has 1 aromatic heterocycles. The van der Waals surface area contributed by atoms with Gasteiger partial charge >= 0.3 is 0 Å². The van der Waals surface area contributed by atoms with Crippen LogP contribution >= 0.6 is 0 Å². The SMILES string of the molecule is O=C(NN[C@H](C(=O)NC1CC1)c1ccccc1)c1cncn1-c1ccccc1. The van der Waals surface area contributed by atoms with Gasteiger partial charge in [-0.25, -0.2) is 10.4 Å². The Balaban J connectivity index is 1.49. The molecule has 28 heavy (non-hydrogen) atoms. The van der Waals surface area contributed by atoms with Gasteiger partial charge in [0.1, 0.15) is 11.7 Å². The van der Waals surface area contributed by atoms with Gasteiger partial charge in [0.2, 0.25) is 5.91 Å². The fourth-order valence-corrected chi connectivity index (χ4v) is 2.92. The lowest BCUT2D eigenvalue weighted by Gasteiger charge is -2.19. The molecule has 0 radical (unpaired) electrons. The summed E-state index contributed by atoms with van der Waals surface area (Å²) in [5, 5.41) is 2.98. The predicted octanol–water partition coefficient (Wildman–Crippen LogP) is 2.13. The van der Waals surface area contributed by atoms with Crippen molar-refractivity contribution >= 4 is 11.8 Å². The molecule has 1 aliphatic carbocycles. The summed E-state index contributed by atoms with van der Waals surface area (Å²) in [5.74, 6) is -0.535. The molecule has 7 nitrogen and oxygen atoms in total. The highest BCUT2D eigenvalue weighted by Gasteiger charge is 2.28. The zero-order valence-electron chi connectivity index (χ0n) is 15.2. The number of amides is 2. The van der Waals surface area contributed by atoms with E-state index in [4.69, 9.17) is 0 Å². The summed E-state index contributed by atoms with van der Waals surface area (Å²) >= 11 is 0. The summed E-state index contributed by atoms with van der Waals surface area (Å²) in [6.45, 7) is 0. The molecule has 4 rings (SSSR count). The van der Waals surface area contributed by atoms with Crippen molar-refractivity contribution in [1.29, 1.82) is 0 Å². The van der Waals surface area contributed by atoms with Crippen molar-refractivity contribution in [3.8, 4) is 5.69 Å². The molecular formula is C21H21N5O2. The maximum absolute atomic E-state index is 12.7. The Morgan fingerprint density at radius 1 is 1.00 bits per heavy atom. The molecule has 142 valence electrons. The van der Waals surface area contributed by atoms with Crippen LogP contribution in [0.4, 0.5) is 0 Å². The van der Waals surface area contributed by atoms with E-state index < -0.39 is 6.04 Å². The van der Waals surface area contributed by atoms with E-state index in [2.05, 4.69) is 21.2 Å². The fourth-order valence-electron chi connectivity index (χ4n) is 2.92. The number of rotatable bonds is 7. The lowest BCUT2D eigenvalue weighted by atomic mass is 10.1. The molecule has 7 heteroatoms. The van der Waals surface area contributed by atoms with Gasteiger partial charge in [-0.2, -0.15) is 0 Å². The van der Waals surface area contributed by atoms with Crippen molar-refractivity contribution < 1.29 is 9.59 Å². The summed E-state index contributed by atoms with van der Waals surface area (Å²) in [4.78, 5) is 29.4. The Morgan fingerprint density at radius 3 is 2.36 bits per heavy atom. The molecule has 1 heterocycles. The highest BCUT2D eigenvalue weighted by atomic mass is 16.2. The molecule has 0 spiro atoms. The minimum atomic E-state index is -0.682. The van der Waals surface area contributed by atoms with Gasteiger partial charge in [0.05, 0.1) is 12.5 Å². The van der Waals surface area contributed by atoms with Crippen LogP contribution in [0.2, 0.25) is 0 Å². The molecule has 0 bridgehead atoms. The Hall–Kier alpha value is -3.45. The van der Waals surface area contributed by atoms with E-state index in [-0.39, 0.29) is 17.9 Å². The van der Waals surface area contributed by atoms with Crippen LogP contribution in [0.3, 0.4) is 0 Å². The molecule has 3 aromatic rings. The van der Waals surface area contributed by atoms with Crippen LogP contribution in [0, 0.1) is 0 Å². The molecule has 0 unspecified atom stereocenters. The third-order valence-electron chi connectivity index (χ3n) is 4.55. The number of para-hydroxylation sites is 1. The summed E-state index contributed by atoms with van der Waals surface area (Å²) in [6, 6.07) is 18.3. The van der Waals surface area contributed by atoms with E-state index >= 15 is 0 Å². The number of carbonyl (C=O) groups excluding carboxylic acids is 2.